The average molecular weight is 442 g/mol. The van der Waals surface area contributed by atoms with E-state index in [9.17, 15) is 22.5 Å². The number of hydrogen-bond acceptors (Lipinski definition) is 9. The van der Waals surface area contributed by atoms with Crippen molar-refractivity contribution in [3.05, 3.63) is 0 Å². The number of carbonyl (C=O) groups is 4. The third kappa shape index (κ3) is 32.4. The van der Waals surface area contributed by atoms with Crippen LogP contribution in [-0.2, 0) is 57.2 Å². The van der Waals surface area contributed by atoms with Crippen molar-refractivity contribution in [3.63, 3.8) is 0 Å². The van der Waals surface area contributed by atoms with Gasteiger partial charge >= 0.3 is 80.4 Å². The molecule has 0 amide bonds. The molecule has 0 heterocycles. The van der Waals surface area contributed by atoms with Crippen LogP contribution in [0.25, 0.3) is 0 Å². The number of esters is 2. The minimum absolute atomic E-state index is 0.00579. The molecule has 0 aliphatic carbocycles. The van der Waals surface area contributed by atoms with Crippen LogP contribution in [0.1, 0.15) is 68.2 Å². The van der Waals surface area contributed by atoms with Crippen LogP contribution < -0.4 is 0 Å². The van der Waals surface area contributed by atoms with Crippen molar-refractivity contribution in [1.29, 1.82) is 0 Å². The summed E-state index contributed by atoms with van der Waals surface area (Å²) >= 11 is -2.81. The van der Waals surface area contributed by atoms with Crippen molar-refractivity contribution in [2.24, 2.45) is 0 Å². The van der Waals surface area contributed by atoms with Crippen LogP contribution in [0.2, 0.25) is 0 Å². The third-order valence-electron chi connectivity index (χ3n) is 2.06. The Morgan fingerprint density at radius 2 is 1.00 bits per heavy atom. The molecule has 28 heavy (non-hydrogen) atoms. The van der Waals surface area contributed by atoms with Gasteiger partial charge in [-0.05, 0) is 27.7 Å². The summed E-state index contributed by atoms with van der Waals surface area (Å²) in [5, 5.41) is 0. The minimum Gasteiger partial charge on any atom is -0.466 e. The molecule has 0 N–H and O–H groups in total. The molecule has 164 valence electrons. The van der Waals surface area contributed by atoms with Gasteiger partial charge in [-0.25, -0.2) is 0 Å². The summed E-state index contributed by atoms with van der Waals surface area (Å²) in [5.41, 5.74) is 0. The van der Waals surface area contributed by atoms with Crippen LogP contribution in [0.4, 0.5) is 0 Å². The molecule has 0 rings (SSSR count). The maximum absolute atomic E-state index is 10.9. The maximum Gasteiger partial charge on any atom is 0.313 e. The second-order valence-electron chi connectivity index (χ2n) is 5.95. The van der Waals surface area contributed by atoms with E-state index in [2.05, 4.69) is 9.47 Å². The van der Waals surface area contributed by atoms with Gasteiger partial charge in [0.25, 0.3) is 0 Å². The molecule has 0 aliphatic heterocycles. The molecule has 9 nitrogen and oxygen atoms in total. The zero-order valence-electron chi connectivity index (χ0n) is 18.2. The fourth-order valence-corrected chi connectivity index (χ4v) is 2.53. The normalized spacial score (nSPS) is 9.50. The van der Waals surface area contributed by atoms with Gasteiger partial charge in [0.1, 0.15) is 24.4 Å². The maximum atomic E-state index is 10.9. The van der Waals surface area contributed by atoms with Crippen molar-refractivity contribution in [2.45, 2.75) is 80.4 Å². The van der Waals surface area contributed by atoms with Crippen molar-refractivity contribution >= 4 is 23.5 Å². The molecule has 0 fully saturated rings. The van der Waals surface area contributed by atoms with E-state index in [4.69, 9.17) is 6.64 Å². The Hall–Kier alpha value is -1.29. The van der Waals surface area contributed by atoms with Gasteiger partial charge in [0.15, 0.2) is 0 Å². The Kier molecular flexibility index (Phi) is 22.9. The van der Waals surface area contributed by atoms with Gasteiger partial charge in [-0.2, -0.15) is 0 Å². The Bertz CT molecular complexity index is 445. The fourth-order valence-electron chi connectivity index (χ4n) is 1.24. The topological polar surface area (TPSA) is 122 Å². The Morgan fingerprint density at radius 3 is 1.18 bits per heavy atom. The molecule has 0 aromatic carbocycles. The van der Waals surface area contributed by atoms with E-state index >= 15 is 0 Å². The number of Topliss-reactive ketones (excluding diaryl/α,β-unsaturated/α-hetero) is 2. The molecule has 0 saturated carbocycles. The summed E-state index contributed by atoms with van der Waals surface area (Å²) in [7, 11) is 0. The first-order chi connectivity index (χ1) is 12.8. The second kappa shape index (κ2) is 20.4. The summed E-state index contributed by atoms with van der Waals surface area (Å²) in [4.78, 5) is 41.3. The first-order valence-electron chi connectivity index (χ1n) is 9.02. The summed E-state index contributed by atoms with van der Waals surface area (Å²) < 4.78 is 29.8. The molecule has 0 bridgehead atoms. The Morgan fingerprint density at radius 1 is 0.714 bits per heavy atom. The zero-order valence-corrected chi connectivity index (χ0v) is 19.7. The minimum atomic E-state index is -2.81. The molecule has 0 spiro atoms. The van der Waals surface area contributed by atoms with Gasteiger partial charge in [-0.3, -0.25) is 19.2 Å². The molecule has 0 aliphatic rings. The second-order valence-corrected chi connectivity index (χ2v) is 7.47. The molecule has 10 heteroatoms. The Labute approximate surface area is 174 Å². The van der Waals surface area contributed by atoms with E-state index in [1.807, 2.05) is 27.7 Å². The molecule has 0 radical (unpaired) electrons. The summed E-state index contributed by atoms with van der Waals surface area (Å²) in [5.74, 6) is -1.20. The number of hydrogen-bond donors (Lipinski definition) is 0. The van der Waals surface area contributed by atoms with Gasteiger partial charge in [0.05, 0.1) is 13.2 Å². The molecule has 0 aromatic heterocycles. The molecule has 0 saturated heterocycles. The third-order valence-corrected chi connectivity index (χ3v) is 4.13. The monoisotopic (exact) mass is 442 g/mol. The van der Waals surface area contributed by atoms with E-state index in [1.165, 1.54) is 13.8 Å². The Balaban J connectivity index is -0.000000336. The van der Waals surface area contributed by atoms with Crippen molar-refractivity contribution in [3.8, 4) is 0 Å². The number of rotatable bonds is 10. The molecule has 0 unspecified atom stereocenters. The predicted octanol–water partition coefficient (Wildman–Crippen LogP) is 2.69. The van der Waals surface area contributed by atoms with Crippen LogP contribution in [0.5, 0.6) is 0 Å². The summed E-state index contributed by atoms with van der Waals surface area (Å²) in [6.07, 6.45) is -0.195. The largest absolute Gasteiger partial charge is 0.466 e. The molecule has 0 aromatic rings. The van der Waals surface area contributed by atoms with E-state index in [0.29, 0.717) is 13.2 Å². The molecular weight excluding hydrogens is 408 g/mol. The van der Waals surface area contributed by atoms with Gasteiger partial charge < -0.3 is 9.47 Å². The molecular formula is C18H34O9Ti. The summed E-state index contributed by atoms with van der Waals surface area (Å²) in [6, 6.07) is 0. The van der Waals surface area contributed by atoms with Crippen molar-refractivity contribution in [2.75, 3.05) is 13.2 Å². The quantitative estimate of drug-likeness (QED) is 0.285. The van der Waals surface area contributed by atoms with Crippen LogP contribution in [0, 0.1) is 0 Å². The predicted molar refractivity (Wildman–Crippen MR) is 97.0 cm³/mol. The van der Waals surface area contributed by atoms with E-state index in [-0.39, 0.29) is 36.6 Å². The van der Waals surface area contributed by atoms with Crippen molar-refractivity contribution < 1.29 is 57.2 Å². The fraction of sp³-hybridized carbons (Fsp3) is 0.778. The van der Waals surface area contributed by atoms with Gasteiger partial charge in [0, 0.05) is 0 Å². The van der Waals surface area contributed by atoms with Gasteiger partial charge in [-0.1, -0.05) is 0 Å². The van der Waals surface area contributed by atoms with E-state index in [0.717, 1.165) is 0 Å². The van der Waals surface area contributed by atoms with Crippen LogP contribution in [0.3, 0.4) is 0 Å². The van der Waals surface area contributed by atoms with Crippen LogP contribution in [0.15, 0.2) is 0 Å². The zero-order chi connectivity index (χ0) is 22.7. The SMILES string of the molecule is CC(C)[O][Ti](=[O])[O]C(C)C.CCOC(=O)CC(C)=O.CCOC(=O)CC(C)=O. The van der Waals surface area contributed by atoms with Crippen molar-refractivity contribution in [1.82, 2.24) is 0 Å². The smallest absolute Gasteiger partial charge is 0.313 e. The summed E-state index contributed by atoms with van der Waals surface area (Å²) in [6.45, 7) is 14.2. The first-order valence-corrected chi connectivity index (χ1v) is 10.9. The first kappa shape index (κ1) is 31.4. The average Bonchev–Trinajstić information content (AvgIpc) is 2.45. The number of ether oxygens (including phenoxy) is 2. The van der Waals surface area contributed by atoms with Crippen LogP contribution >= 0.6 is 0 Å². The molecule has 0 atom stereocenters. The van der Waals surface area contributed by atoms with Gasteiger partial charge in [0.2, 0.25) is 0 Å². The standard InChI is InChI=1S/2C6H10O3.2C3H7O.O.Ti/c2*1-3-9-6(8)4-5(2)7;2*1-3(2)4;;/h2*3-4H2,1-2H3;2*3H,1-2H3;;/q;;2*-1;;+2. The number of carbonyl (C=O) groups excluding carboxylic acids is 4. The van der Waals surface area contributed by atoms with E-state index in [1.54, 1.807) is 13.8 Å². The van der Waals surface area contributed by atoms with E-state index < -0.39 is 30.6 Å². The van der Waals surface area contributed by atoms with Gasteiger partial charge in [-0.15, -0.1) is 0 Å². The number of ketones is 2. The van der Waals surface area contributed by atoms with Crippen LogP contribution in [-0.4, -0.2) is 48.9 Å².